The summed E-state index contributed by atoms with van der Waals surface area (Å²) in [4.78, 5) is 37.4. The quantitative estimate of drug-likeness (QED) is 0.511. The molecule has 31 heavy (non-hydrogen) atoms. The summed E-state index contributed by atoms with van der Waals surface area (Å²) in [5.74, 6) is -2.57. The first-order valence-corrected chi connectivity index (χ1v) is 11.2. The minimum absolute atomic E-state index is 0.0141. The van der Waals surface area contributed by atoms with Crippen LogP contribution >= 0.6 is 15.9 Å². The van der Waals surface area contributed by atoms with E-state index >= 15 is 0 Å². The zero-order valence-electron chi connectivity index (χ0n) is 16.0. The molecule has 0 N–H and O–H groups in total. The van der Waals surface area contributed by atoms with E-state index in [1.165, 1.54) is 18.2 Å². The number of fused-ring (bicyclic) bond motifs is 1. The normalized spacial score (nSPS) is 13.4. The van der Waals surface area contributed by atoms with Crippen LogP contribution in [0.15, 0.2) is 74.9 Å². The first-order valence-electron chi connectivity index (χ1n) is 8.97. The van der Waals surface area contributed by atoms with Gasteiger partial charge < -0.3 is 9.90 Å². The fourth-order valence-electron chi connectivity index (χ4n) is 3.38. The Kier molecular flexibility index (Phi) is 5.03. The lowest BCUT2D eigenvalue weighted by Gasteiger charge is -2.16. The molecule has 4 rings (SSSR count). The third kappa shape index (κ3) is 3.45. The van der Waals surface area contributed by atoms with Gasteiger partial charge in [0.25, 0.3) is 11.8 Å². The monoisotopic (exact) mass is 498 g/mol. The van der Waals surface area contributed by atoms with Crippen molar-refractivity contribution in [3.05, 3.63) is 87.4 Å². The van der Waals surface area contributed by atoms with Crippen LogP contribution in [0.4, 0.5) is 5.69 Å². The molecule has 156 valence electrons. The molecule has 9 heteroatoms. The molecule has 3 aromatic rings. The number of halogens is 1. The van der Waals surface area contributed by atoms with Gasteiger partial charge in [0.2, 0.25) is 9.84 Å². The van der Waals surface area contributed by atoms with E-state index in [1.807, 2.05) is 0 Å². The maximum atomic E-state index is 13.0. The number of carbonyl (C=O) groups excluding carboxylic acids is 3. The lowest BCUT2D eigenvalue weighted by atomic mass is 10.1. The highest BCUT2D eigenvalue weighted by Crippen LogP contribution is 2.34. The number of carboxylic acids is 1. The molecule has 0 atom stereocenters. The number of nitrogens with zero attached hydrogens (tertiary/aromatic N) is 1. The smallest absolute Gasteiger partial charge is 0.266 e. The summed E-state index contributed by atoms with van der Waals surface area (Å²) in [5.41, 5.74) is 1.05. The number of imide groups is 1. The van der Waals surface area contributed by atoms with E-state index in [1.54, 1.807) is 25.1 Å². The SMILES string of the molecule is Cc1cc(Br)ccc1N1C(=O)c2ccc(S(=O)(=O)c3ccc(C(=O)[O-])cc3)cc2C1=O. The Morgan fingerprint density at radius 2 is 1.48 bits per heavy atom. The summed E-state index contributed by atoms with van der Waals surface area (Å²) >= 11 is 3.34. The van der Waals surface area contributed by atoms with Crippen LogP contribution in [-0.4, -0.2) is 26.2 Å². The van der Waals surface area contributed by atoms with Gasteiger partial charge in [-0.05, 0) is 66.6 Å². The number of hydrogen-bond acceptors (Lipinski definition) is 6. The Morgan fingerprint density at radius 3 is 2.10 bits per heavy atom. The highest BCUT2D eigenvalue weighted by atomic mass is 79.9. The van der Waals surface area contributed by atoms with Crippen LogP contribution in [0.5, 0.6) is 0 Å². The predicted molar refractivity (Wildman–Crippen MR) is 113 cm³/mol. The van der Waals surface area contributed by atoms with E-state index in [4.69, 9.17) is 0 Å². The molecule has 0 aromatic heterocycles. The van der Waals surface area contributed by atoms with E-state index in [0.717, 1.165) is 33.6 Å². The maximum Gasteiger partial charge on any atom is 0.266 e. The molecular weight excluding hydrogens is 486 g/mol. The van der Waals surface area contributed by atoms with Crippen molar-refractivity contribution in [1.29, 1.82) is 0 Å². The van der Waals surface area contributed by atoms with Crippen LogP contribution in [0.25, 0.3) is 0 Å². The summed E-state index contributed by atoms with van der Waals surface area (Å²) in [7, 11) is -4.04. The van der Waals surface area contributed by atoms with E-state index < -0.39 is 27.6 Å². The number of sulfone groups is 1. The third-order valence-corrected chi connectivity index (χ3v) is 7.23. The molecule has 1 aliphatic heterocycles. The van der Waals surface area contributed by atoms with Crippen molar-refractivity contribution in [1.82, 2.24) is 0 Å². The summed E-state index contributed by atoms with van der Waals surface area (Å²) in [6.07, 6.45) is 0. The number of carbonyl (C=O) groups is 3. The van der Waals surface area contributed by atoms with Gasteiger partial charge in [0, 0.05) is 4.47 Å². The van der Waals surface area contributed by atoms with Crippen molar-refractivity contribution in [3.8, 4) is 0 Å². The second kappa shape index (κ2) is 7.44. The number of amides is 2. The van der Waals surface area contributed by atoms with Gasteiger partial charge in [-0.25, -0.2) is 13.3 Å². The Labute approximate surface area is 186 Å². The van der Waals surface area contributed by atoms with Crippen molar-refractivity contribution in [2.75, 3.05) is 4.90 Å². The Hall–Kier alpha value is -3.30. The van der Waals surface area contributed by atoms with Gasteiger partial charge in [0.15, 0.2) is 0 Å². The first-order chi connectivity index (χ1) is 14.6. The number of hydrogen-bond donors (Lipinski definition) is 0. The zero-order chi connectivity index (χ0) is 22.5. The van der Waals surface area contributed by atoms with Gasteiger partial charge >= 0.3 is 0 Å². The van der Waals surface area contributed by atoms with Gasteiger partial charge in [0.05, 0.1) is 32.6 Å². The van der Waals surface area contributed by atoms with Gasteiger partial charge in [-0.2, -0.15) is 0 Å². The van der Waals surface area contributed by atoms with E-state index in [2.05, 4.69) is 15.9 Å². The van der Waals surface area contributed by atoms with E-state index in [9.17, 15) is 27.9 Å². The Morgan fingerprint density at radius 1 is 0.871 bits per heavy atom. The van der Waals surface area contributed by atoms with Crippen molar-refractivity contribution < 1.29 is 27.9 Å². The maximum absolute atomic E-state index is 13.0. The fourth-order valence-corrected chi connectivity index (χ4v) is 5.14. The molecular formula is C22H13BrNO6S-. The minimum atomic E-state index is -4.04. The summed E-state index contributed by atoms with van der Waals surface area (Å²) in [6.45, 7) is 1.76. The second-order valence-electron chi connectivity index (χ2n) is 6.90. The number of aryl methyl sites for hydroxylation is 1. The number of rotatable bonds is 4. The minimum Gasteiger partial charge on any atom is -0.545 e. The van der Waals surface area contributed by atoms with Gasteiger partial charge in [-0.3, -0.25) is 9.59 Å². The Bertz CT molecular complexity index is 1380. The molecule has 1 aliphatic rings. The van der Waals surface area contributed by atoms with Gasteiger partial charge in [0.1, 0.15) is 0 Å². The zero-order valence-corrected chi connectivity index (χ0v) is 18.4. The topological polar surface area (TPSA) is 112 Å². The van der Waals surface area contributed by atoms with Gasteiger partial charge in [-0.1, -0.05) is 28.1 Å². The molecule has 0 unspecified atom stereocenters. The number of benzene rings is 3. The van der Waals surface area contributed by atoms with Crippen LogP contribution < -0.4 is 10.0 Å². The molecule has 1 heterocycles. The van der Waals surface area contributed by atoms with Crippen LogP contribution in [0.3, 0.4) is 0 Å². The molecule has 0 saturated heterocycles. The average Bonchev–Trinajstić information content (AvgIpc) is 2.98. The summed E-state index contributed by atoms with van der Waals surface area (Å²) in [6, 6.07) is 13.4. The molecule has 0 aliphatic carbocycles. The van der Waals surface area contributed by atoms with Crippen LogP contribution in [0, 0.1) is 6.92 Å². The van der Waals surface area contributed by atoms with Crippen LogP contribution in [-0.2, 0) is 9.84 Å². The number of carboxylic acid groups (broad SMARTS) is 1. The standard InChI is InChI=1S/C22H14BrNO6S/c1-12-10-14(23)4-9-19(12)24-20(25)17-8-7-16(11-18(17)21(24)26)31(29,30)15-5-2-13(3-6-15)22(27)28/h2-11H,1H3,(H,27,28)/p-1. The largest absolute Gasteiger partial charge is 0.545 e. The van der Waals surface area contributed by atoms with Gasteiger partial charge in [-0.15, -0.1) is 0 Å². The van der Waals surface area contributed by atoms with E-state index in [0.29, 0.717) is 11.3 Å². The Balaban J connectivity index is 1.75. The molecule has 0 radical (unpaired) electrons. The molecule has 0 bridgehead atoms. The molecule has 2 amide bonds. The lowest BCUT2D eigenvalue weighted by molar-refractivity contribution is -0.255. The van der Waals surface area contributed by atoms with Crippen molar-refractivity contribution >= 4 is 49.2 Å². The number of aromatic carboxylic acids is 1. The fraction of sp³-hybridized carbons (Fsp3) is 0.0455. The molecule has 3 aromatic carbocycles. The molecule has 0 spiro atoms. The summed E-state index contributed by atoms with van der Waals surface area (Å²) < 4.78 is 26.7. The highest BCUT2D eigenvalue weighted by molar-refractivity contribution is 9.10. The number of anilines is 1. The molecule has 0 saturated carbocycles. The highest BCUT2D eigenvalue weighted by Gasteiger charge is 2.38. The third-order valence-electron chi connectivity index (χ3n) is 4.97. The van der Waals surface area contributed by atoms with Crippen LogP contribution in [0.1, 0.15) is 36.6 Å². The van der Waals surface area contributed by atoms with Crippen molar-refractivity contribution in [3.63, 3.8) is 0 Å². The summed E-state index contributed by atoms with van der Waals surface area (Å²) in [5, 5.41) is 10.9. The van der Waals surface area contributed by atoms with Crippen LogP contribution in [0.2, 0.25) is 0 Å². The van der Waals surface area contributed by atoms with Crippen molar-refractivity contribution in [2.24, 2.45) is 0 Å². The first kappa shape index (κ1) is 21.0. The van der Waals surface area contributed by atoms with E-state index in [-0.39, 0.29) is 26.5 Å². The predicted octanol–water partition coefficient (Wildman–Crippen LogP) is 2.75. The molecule has 7 nitrogen and oxygen atoms in total. The molecule has 0 fully saturated rings. The van der Waals surface area contributed by atoms with Crippen molar-refractivity contribution in [2.45, 2.75) is 16.7 Å². The lowest BCUT2D eigenvalue weighted by Crippen LogP contribution is -2.30. The second-order valence-corrected chi connectivity index (χ2v) is 9.76. The average molecular weight is 499 g/mol.